The molecule has 0 heterocycles. The second kappa shape index (κ2) is 13.8. The molecule has 0 bridgehead atoms. The number of nitrogens with one attached hydrogen (secondary N) is 1. The molecule has 0 unspecified atom stereocenters. The molecule has 0 spiro atoms. The van der Waals surface area contributed by atoms with Crippen LogP contribution in [0.2, 0.25) is 10.0 Å². The highest BCUT2D eigenvalue weighted by Gasteiger charge is 2.33. The first-order chi connectivity index (χ1) is 19.3. The number of nitrogens with zero attached hydrogens (tertiary/aromatic N) is 3. The van der Waals surface area contributed by atoms with Crippen molar-refractivity contribution < 1.29 is 22.9 Å². The first-order valence-electron chi connectivity index (χ1n) is 12.6. The molecule has 1 N–H and O–H groups in total. The molecule has 0 saturated carbocycles. The summed E-state index contributed by atoms with van der Waals surface area (Å²) < 4.78 is 28.4. The number of sulfonamides is 1. The van der Waals surface area contributed by atoms with Gasteiger partial charge in [0.1, 0.15) is 12.6 Å². The minimum absolute atomic E-state index is 0.0363. The number of rotatable bonds is 12. The van der Waals surface area contributed by atoms with Crippen molar-refractivity contribution in [3.8, 4) is 0 Å². The number of halogens is 2. The van der Waals surface area contributed by atoms with E-state index < -0.39 is 39.3 Å². The summed E-state index contributed by atoms with van der Waals surface area (Å²) in [4.78, 5) is 38.7. The number of benzene rings is 3. The van der Waals surface area contributed by atoms with Crippen molar-refractivity contribution in [2.24, 2.45) is 5.92 Å². The van der Waals surface area contributed by atoms with Crippen LogP contribution >= 0.6 is 23.2 Å². The number of amides is 2. The predicted octanol–water partition coefficient (Wildman–Crippen LogP) is 5.29. The summed E-state index contributed by atoms with van der Waals surface area (Å²) in [6.45, 7) is 4.98. The lowest BCUT2D eigenvalue weighted by atomic mass is 10.1. The lowest BCUT2D eigenvalue weighted by Crippen LogP contribution is -2.51. The van der Waals surface area contributed by atoms with E-state index in [0.29, 0.717) is 17.1 Å². The SMILES string of the molecule is CC(C)CNC(=O)[C@@H](C)N(Cc1ccc(Cl)cc1Cl)C(=O)CN(c1ccc([N+](=O)[O-])cc1)S(=O)(=O)c1ccccc1. The summed E-state index contributed by atoms with van der Waals surface area (Å²) in [7, 11) is -4.30. The highest BCUT2D eigenvalue weighted by Crippen LogP contribution is 2.27. The molecule has 13 heteroatoms. The molecule has 218 valence electrons. The van der Waals surface area contributed by atoms with Crippen LogP contribution in [-0.2, 0) is 26.2 Å². The summed E-state index contributed by atoms with van der Waals surface area (Å²) in [5.74, 6) is -0.958. The van der Waals surface area contributed by atoms with E-state index in [9.17, 15) is 28.1 Å². The Morgan fingerprint density at radius 1 is 0.976 bits per heavy atom. The normalized spacial score (nSPS) is 12.0. The van der Waals surface area contributed by atoms with Gasteiger partial charge in [-0.05, 0) is 54.8 Å². The van der Waals surface area contributed by atoms with Crippen molar-refractivity contribution >= 4 is 56.4 Å². The van der Waals surface area contributed by atoms with E-state index in [0.717, 1.165) is 16.4 Å². The number of hydrogen-bond donors (Lipinski definition) is 1. The second-order valence-corrected chi connectivity index (χ2v) is 12.4. The van der Waals surface area contributed by atoms with Crippen LogP contribution < -0.4 is 9.62 Å². The molecular formula is C28H30Cl2N4O6S. The minimum atomic E-state index is -4.30. The molecule has 2 amide bonds. The van der Waals surface area contributed by atoms with Crippen molar-refractivity contribution in [1.29, 1.82) is 0 Å². The third-order valence-corrected chi connectivity index (χ3v) is 8.54. The molecule has 3 aromatic rings. The number of carbonyl (C=O) groups is 2. The fourth-order valence-electron chi connectivity index (χ4n) is 3.86. The van der Waals surface area contributed by atoms with Gasteiger partial charge < -0.3 is 10.2 Å². The molecular weight excluding hydrogens is 591 g/mol. The van der Waals surface area contributed by atoms with Crippen molar-refractivity contribution in [3.05, 3.63) is 98.5 Å². The highest BCUT2D eigenvalue weighted by atomic mass is 35.5. The predicted molar refractivity (Wildman–Crippen MR) is 158 cm³/mol. The van der Waals surface area contributed by atoms with E-state index in [4.69, 9.17) is 23.2 Å². The Morgan fingerprint density at radius 2 is 1.61 bits per heavy atom. The Kier molecular flexibility index (Phi) is 10.7. The Hall–Kier alpha value is -3.67. The number of non-ortho nitro benzene ring substituents is 1. The van der Waals surface area contributed by atoms with Gasteiger partial charge in [-0.25, -0.2) is 8.42 Å². The smallest absolute Gasteiger partial charge is 0.269 e. The topological polar surface area (TPSA) is 130 Å². The summed E-state index contributed by atoms with van der Waals surface area (Å²) in [5.41, 5.74) is 0.293. The van der Waals surface area contributed by atoms with Crippen LogP contribution in [0.3, 0.4) is 0 Å². The molecule has 0 aliphatic carbocycles. The van der Waals surface area contributed by atoms with E-state index in [1.54, 1.807) is 37.3 Å². The molecule has 0 fully saturated rings. The van der Waals surface area contributed by atoms with Gasteiger partial charge in [0, 0.05) is 35.3 Å². The first-order valence-corrected chi connectivity index (χ1v) is 14.8. The summed E-state index contributed by atoms with van der Waals surface area (Å²) in [6.07, 6.45) is 0. The molecule has 0 saturated heterocycles. The number of nitro groups is 1. The van der Waals surface area contributed by atoms with Gasteiger partial charge in [-0.3, -0.25) is 24.0 Å². The average molecular weight is 622 g/mol. The molecule has 3 aromatic carbocycles. The maximum atomic E-state index is 13.9. The third kappa shape index (κ3) is 8.18. The molecule has 10 nitrogen and oxygen atoms in total. The monoisotopic (exact) mass is 620 g/mol. The van der Waals surface area contributed by atoms with Gasteiger partial charge in [0.05, 0.1) is 15.5 Å². The van der Waals surface area contributed by atoms with Crippen LogP contribution in [0, 0.1) is 16.0 Å². The van der Waals surface area contributed by atoms with Crippen LogP contribution in [0.1, 0.15) is 26.3 Å². The molecule has 0 aliphatic rings. The van der Waals surface area contributed by atoms with Gasteiger partial charge in [-0.1, -0.05) is 61.3 Å². The summed E-state index contributed by atoms with van der Waals surface area (Å²) >= 11 is 12.4. The Balaban J connectivity index is 2.04. The fourth-order valence-corrected chi connectivity index (χ4v) is 5.76. The van der Waals surface area contributed by atoms with Crippen LogP contribution in [0.15, 0.2) is 77.7 Å². The lowest BCUT2D eigenvalue weighted by Gasteiger charge is -2.32. The van der Waals surface area contributed by atoms with Crippen molar-refractivity contribution in [2.75, 3.05) is 17.4 Å². The highest BCUT2D eigenvalue weighted by molar-refractivity contribution is 7.92. The van der Waals surface area contributed by atoms with Gasteiger partial charge in [0.2, 0.25) is 11.8 Å². The van der Waals surface area contributed by atoms with Gasteiger partial charge in [0.25, 0.3) is 15.7 Å². The Bertz CT molecular complexity index is 1500. The number of hydrogen-bond acceptors (Lipinski definition) is 6. The van der Waals surface area contributed by atoms with Crippen molar-refractivity contribution in [1.82, 2.24) is 10.2 Å². The number of carbonyl (C=O) groups excluding carboxylic acids is 2. The molecule has 0 aromatic heterocycles. The maximum Gasteiger partial charge on any atom is 0.269 e. The third-order valence-electron chi connectivity index (χ3n) is 6.17. The Labute approximate surface area is 249 Å². The second-order valence-electron chi connectivity index (χ2n) is 9.67. The minimum Gasteiger partial charge on any atom is -0.354 e. The van der Waals surface area contributed by atoms with Gasteiger partial charge >= 0.3 is 0 Å². The molecule has 0 aliphatic heterocycles. The van der Waals surface area contributed by atoms with Crippen LogP contribution in [0.4, 0.5) is 11.4 Å². The van der Waals surface area contributed by atoms with E-state index in [2.05, 4.69) is 5.32 Å². The summed E-state index contributed by atoms with van der Waals surface area (Å²) in [5, 5.41) is 14.6. The fraction of sp³-hybridized carbons (Fsp3) is 0.286. The van der Waals surface area contributed by atoms with Gasteiger partial charge in [-0.2, -0.15) is 0 Å². The lowest BCUT2D eigenvalue weighted by molar-refractivity contribution is -0.384. The molecule has 41 heavy (non-hydrogen) atoms. The average Bonchev–Trinajstić information content (AvgIpc) is 2.94. The zero-order valence-corrected chi connectivity index (χ0v) is 25.0. The first kappa shape index (κ1) is 31.9. The van der Waals surface area contributed by atoms with Crippen LogP contribution in [0.5, 0.6) is 0 Å². The van der Waals surface area contributed by atoms with Crippen LogP contribution in [0.25, 0.3) is 0 Å². The van der Waals surface area contributed by atoms with Crippen molar-refractivity contribution in [2.45, 2.75) is 38.3 Å². The summed E-state index contributed by atoms with van der Waals surface area (Å²) in [6, 6.07) is 16.0. The zero-order chi connectivity index (χ0) is 30.3. The molecule has 1 atom stereocenters. The van der Waals surface area contributed by atoms with Crippen molar-refractivity contribution in [3.63, 3.8) is 0 Å². The Morgan fingerprint density at radius 3 is 2.17 bits per heavy atom. The quantitative estimate of drug-likeness (QED) is 0.216. The van der Waals surface area contributed by atoms with Gasteiger partial charge in [0.15, 0.2) is 0 Å². The molecule has 3 rings (SSSR count). The van der Waals surface area contributed by atoms with E-state index in [1.165, 1.54) is 35.2 Å². The van der Waals surface area contributed by atoms with Crippen LogP contribution in [-0.4, -0.2) is 49.2 Å². The van der Waals surface area contributed by atoms with E-state index >= 15 is 0 Å². The van der Waals surface area contributed by atoms with Gasteiger partial charge in [-0.15, -0.1) is 0 Å². The number of nitro benzene ring substituents is 1. The molecule has 0 radical (unpaired) electrons. The number of anilines is 1. The largest absolute Gasteiger partial charge is 0.354 e. The standard InChI is InChI=1S/C28H30Cl2N4O6S/c1-19(2)16-31-28(36)20(3)32(17-21-9-10-22(29)15-26(21)30)27(35)18-33(23-11-13-24(14-12-23)34(37)38)41(39,40)25-7-5-4-6-8-25/h4-15,19-20H,16-18H2,1-3H3,(H,31,36)/t20-/m1/s1. The zero-order valence-electron chi connectivity index (χ0n) is 22.7. The maximum absolute atomic E-state index is 13.9. The van der Waals surface area contributed by atoms with E-state index in [1.807, 2.05) is 13.8 Å². The van der Waals surface area contributed by atoms with E-state index in [-0.39, 0.29) is 33.8 Å².